The maximum Gasteiger partial charge on any atom is 0.253 e. The Labute approximate surface area is 173 Å². The standard InChI is InChI=1S/C24H31N3O2/c1-17(18-10-6-5-7-11-18)25-22(28)20-16-19(26-23(29)24(2,3)4)12-13-21(20)27-14-8-9-15-27/h5-7,10-13,16-17H,8-9,14-15H2,1-4H3,(H,25,28)(H,26,29). The lowest BCUT2D eigenvalue weighted by Gasteiger charge is -2.24. The maximum absolute atomic E-state index is 13.2. The van der Waals surface area contributed by atoms with Gasteiger partial charge in [0.25, 0.3) is 5.91 Å². The zero-order chi connectivity index (χ0) is 21.0. The molecule has 0 radical (unpaired) electrons. The number of nitrogens with zero attached hydrogens (tertiary/aromatic N) is 1. The van der Waals surface area contributed by atoms with Crippen LogP contribution in [-0.4, -0.2) is 24.9 Å². The summed E-state index contributed by atoms with van der Waals surface area (Å²) in [5.41, 5.74) is 2.72. The van der Waals surface area contributed by atoms with E-state index in [0.717, 1.165) is 37.2 Å². The van der Waals surface area contributed by atoms with Gasteiger partial charge in [-0.1, -0.05) is 51.1 Å². The first-order valence-corrected chi connectivity index (χ1v) is 10.3. The Morgan fingerprint density at radius 2 is 1.66 bits per heavy atom. The third-order valence-electron chi connectivity index (χ3n) is 5.27. The number of rotatable bonds is 5. The van der Waals surface area contributed by atoms with Gasteiger partial charge >= 0.3 is 0 Å². The molecule has 0 aromatic heterocycles. The molecule has 1 fully saturated rings. The smallest absolute Gasteiger partial charge is 0.253 e. The Morgan fingerprint density at radius 3 is 2.28 bits per heavy atom. The van der Waals surface area contributed by atoms with Crippen molar-refractivity contribution in [3.05, 3.63) is 59.7 Å². The summed E-state index contributed by atoms with van der Waals surface area (Å²) in [5, 5.41) is 6.05. The zero-order valence-electron chi connectivity index (χ0n) is 17.8. The molecule has 0 aliphatic carbocycles. The third kappa shape index (κ3) is 5.17. The van der Waals surface area contributed by atoms with Gasteiger partial charge in [0, 0.05) is 29.9 Å². The average Bonchev–Trinajstić information content (AvgIpc) is 3.22. The van der Waals surface area contributed by atoms with E-state index in [9.17, 15) is 9.59 Å². The lowest BCUT2D eigenvalue weighted by molar-refractivity contribution is -0.123. The van der Waals surface area contributed by atoms with Gasteiger partial charge in [0.1, 0.15) is 0 Å². The van der Waals surface area contributed by atoms with Crippen molar-refractivity contribution >= 4 is 23.2 Å². The van der Waals surface area contributed by atoms with Gasteiger partial charge < -0.3 is 15.5 Å². The number of carbonyl (C=O) groups is 2. The van der Waals surface area contributed by atoms with Crippen LogP contribution in [0.25, 0.3) is 0 Å². The van der Waals surface area contributed by atoms with Crippen LogP contribution in [-0.2, 0) is 4.79 Å². The van der Waals surface area contributed by atoms with Crippen molar-refractivity contribution in [3.63, 3.8) is 0 Å². The van der Waals surface area contributed by atoms with Crippen molar-refractivity contribution in [1.29, 1.82) is 0 Å². The topological polar surface area (TPSA) is 61.4 Å². The minimum absolute atomic E-state index is 0.0737. The number of nitrogens with one attached hydrogen (secondary N) is 2. The van der Waals surface area contributed by atoms with Gasteiger partial charge in [-0.2, -0.15) is 0 Å². The predicted molar refractivity (Wildman–Crippen MR) is 118 cm³/mol. The van der Waals surface area contributed by atoms with E-state index in [-0.39, 0.29) is 17.9 Å². The molecule has 2 N–H and O–H groups in total. The molecule has 5 nitrogen and oxygen atoms in total. The van der Waals surface area contributed by atoms with E-state index < -0.39 is 5.41 Å². The van der Waals surface area contributed by atoms with E-state index >= 15 is 0 Å². The van der Waals surface area contributed by atoms with Crippen molar-refractivity contribution < 1.29 is 9.59 Å². The van der Waals surface area contributed by atoms with Gasteiger partial charge in [0.05, 0.1) is 11.6 Å². The number of amides is 2. The number of carbonyl (C=O) groups excluding carboxylic acids is 2. The molecule has 29 heavy (non-hydrogen) atoms. The number of hydrogen-bond donors (Lipinski definition) is 2. The average molecular weight is 394 g/mol. The van der Waals surface area contributed by atoms with Crippen LogP contribution in [0, 0.1) is 5.41 Å². The molecule has 5 heteroatoms. The monoisotopic (exact) mass is 393 g/mol. The molecular formula is C24H31N3O2. The van der Waals surface area contributed by atoms with Crippen LogP contribution in [0.3, 0.4) is 0 Å². The lowest BCUT2D eigenvalue weighted by atomic mass is 9.95. The molecule has 1 aliphatic rings. The number of anilines is 2. The van der Waals surface area contributed by atoms with Gasteiger partial charge in [-0.25, -0.2) is 0 Å². The second-order valence-corrected chi connectivity index (χ2v) is 8.74. The molecule has 1 heterocycles. The van der Waals surface area contributed by atoms with E-state index in [2.05, 4.69) is 15.5 Å². The highest BCUT2D eigenvalue weighted by Crippen LogP contribution is 2.29. The van der Waals surface area contributed by atoms with E-state index in [4.69, 9.17) is 0 Å². The van der Waals surface area contributed by atoms with Gasteiger partial charge in [-0.15, -0.1) is 0 Å². The Morgan fingerprint density at radius 1 is 1.00 bits per heavy atom. The van der Waals surface area contributed by atoms with Crippen LogP contribution in [0.15, 0.2) is 48.5 Å². The second-order valence-electron chi connectivity index (χ2n) is 8.74. The molecule has 2 amide bonds. The van der Waals surface area contributed by atoms with Crippen LogP contribution in [0.1, 0.15) is 62.5 Å². The van der Waals surface area contributed by atoms with Crippen molar-refractivity contribution in [3.8, 4) is 0 Å². The fourth-order valence-electron chi connectivity index (χ4n) is 3.45. The maximum atomic E-state index is 13.2. The van der Waals surface area contributed by atoms with E-state index in [1.807, 2.05) is 70.2 Å². The minimum atomic E-state index is -0.502. The Hall–Kier alpha value is -2.82. The first kappa shape index (κ1) is 20.9. The van der Waals surface area contributed by atoms with Crippen LogP contribution in [0.5, 0.6) is 0 Å². The van der Waals surface area contributed by atoms with E-state index in [1.165, 1.54) is 0 Å². The molecule has 2 aromatic rings. The molecule has 1 atom stereocenters. The second kappa shape index (κ2) is 8.68. The molecule has 0 spiro atoms. The van der Waals surface area contributed by atoms with E-state index in [1.54, 1.807) is 6.07 Å². The highest BCUT2D eigenvalue weighted by atomic mass is 16.2. The Kier molecular flexibility index (Phi) is 6.26. The number of benzene rings is 2. The summed E-state index contributed by atoms with van der Waals surface area (Å²) in [6.07, 6.45) is 2.26. The summed E-state index contributed by atoms with van der Waals surface area (Å²) in [4.78, 5) is 27.8. The largest absolute Gasteiger partial charge is 0.371 e. The zero-order valence-corrected chi connectivity index (χ0v) is 17.8. The first-order chi connectivity index (χ1) is 13.8. The van der Waals surface area contributed by atoms with Crippen molar-refractivity contribution in [2.45, 2.75) is 46.6 Å². The normalized spacial score (nSPS) is 15.1. The molecule has 0 saturated carbocycles. The van der Waals surface area contributed by atoms with Gasteiger partial charge in [0.2, 0.25) is 5.91 Å². The molecular weight excluding hydrogens is 362 g/mol. The minimum Gasteiger partial charge on any atom is -0.371 e. The van der Waals surface area contributed by atoms with Crippen molar-refractivity contribution in [1.82, 2.24) is 5.32 Å². The molecule has 0 bridgehead atoms. The quantitative estimate of drug-likeness (QED) is 0.770. The first-order valence-electron chi connectivity index (χ1n) is 10.3. The summed E-state index contributed by atoms with van der Waals surface area (Å²) in [5.74, 6) is -0.203. The SMILES string of the molecule is CC(NC(=O)c1cc(NC(=O)C(C)(C)C)ccc1N1CCCC1)c1ccccc1. The third-order valence-corrected chi connectivity index (χ3v) is 5.27. The molecule has 3 rings (SSSR count). The van der Waals surface area contributed by atoms with Gasteiger partial charge in [-0.05, 0) is 43.5 Å². The predicted octanol–water partition coefficient (Wildman–Crippen LogP) is 4.76. The Balaban J connectivity index is 1.87. The lowest BCUT2D eigenvalue weighted by Crippen LogP contribution is -2.30. The Bertz CT molecular complexity index is 865. The summed E-state index contributed by atoms with van der Waals surface area (Å²) >= 11 is 0. The van der Waals surface area contributed by atoms with Crippen molar-refractivity contribution in [2.75, 3.05) is 23.3 Å². The van der Waals surface area contributed by atoms with E-state index in [0.29, 0.717) is 11.3 Å². The fraction of sp³-hybridized carbons (Fsp3) is 0.417. The summed E-state index contributed by atoms with van der Waals surface area (Å²) < 4.78 is 0. The summed E-state index contributed by atoms with van der Waals surface area (Å²) in [6.45, 7) is 9.49. The van der Waals surface area contributed by atoms with Gasteiger partial charge in [0.15, 0.2) is 0 Å². The molecule has 1 saturated heterocycles. The summed E-state index contributed by atoms with van der Waals surface area (Å²) in [7, 11) is 0. The summed E-state index contributed by atoms with van der Waals surface area (Å²) in [6, 6.07) is 15.4. The van der Waals surface area contributed by atoms with Crippen LogP contribution < -0.4 is 15.5 Å². The van der Waals surface area contributed by atoms with Crippen molar-refractivity contribution in [2.24, 2.45) is 5.41 Å². The van der Waals surface area contributed by atoms with Crippen LogP contribution >= 0.6 is 0 Å². The molecule has 2 aromatic carbocycles. The molecule has 154 valence electrons. The van der Waals surface area contributed by atoms with Crippen LogP contribution in [0.4, 0.5) is 11.4 Å². The van der Waals surface area contributed by atoms with Crippen LogP contribution in [0.2, 0.25) is 0 Å². The molecule has 1 aliphatic heterocycles. The fourth-order valence-corrected chi connectivity index (χ4v) is 3.45. The number of hydrogen-bond acceptors (Lipinski definition) is 3. The highest BCUT2D eigenvalue weighted by molar-refractivity contribution is 6.02. The molecule has 1 unspecified atom stereocenters. The van der Waals surface area contributed by atoms with Gasteiger partial charge in [-0.3, -0.25) is 9.59 Å². The highest BCUT2D eigenvalue weighted by Gasteiger charge is 2.24.